The van der Waals surface area contributed by atoms with Crippen molar-refractivity contribution in [2.75, 3.05) is 19.6 Å². The summed E-state index contributed by atoms with van der Waals surface area (Å²) in [6.45, 7) is 7.64. The van der Waals surface area contributed by atoms with Crippen molar-refractivity contribution >= 4 is 17.3 Å². The maximum Gasteiger partial charge on any atom is 0.287 e. The highest BCUT2D eigenvalue weighted by molar-refractivity contribution is 6.02. The molecule has 6 nitrogen and oxygen atoms in total. The first-order valence-corrected chi connectivity index (χ1v) is 7.68. The second-order valence-corrected chi connectivity index (χ2v) is 4.97. The Bertz CT molecular complexity index is 674. The van der Waals surface area contributed by atoms with Gasteiger partial charge < -0.3 is 10.2 Å². The molecule has 0 aromatic carbocycles. The number of carbonyl (C=O) groups excluding carboxylic acids is 2. The molecule has 0 aliphatic rings. The molecule has 1 N–H and O–H groups in total. The highest BCUT2D eigenvalue weighted by Crippen LogP contribution is 2.15. The van der Waals surface area contributed by atoms with Gasteiger partial charge in [0.2, 0.25) is 5.82 Å². The van der Waals surface area contributed by atoms with Gasteiger partial charge in [0.05, 0.1) is 5.52 Å². The molecule has 118 valence electrons. The quantitative estimate of drug-likeness (QED) is 0.887. The summed E-state index contributed by atoms with van der Waals surface area (Å²) < 4.78 is 1.67. The average molecular weight is 302 g/mol. The number of amides is 2. The zero-order valence-electron chi connectivity index (χ0n) is 13.3. The van der Waals surface area contributed by atoms with E-state index in [0.29, 0.717) is 30.8 Å². The van der Waals surface area contributed by atoms with E-state index in [1.165, 1.54) is 0 Å². The van der Waals surface area contributed by atoms with Crippen molar-refractivity contribution in [2.24, 2.45) is 0 Å². The normalized spacial score (nSPS) is 10.7. The number of hydrogen-bond acceptors (Lipinski definition) is 3. The van der Waals surface area contributed by atoms with E-state index in [1.54, 1.807) is 21.6 Å². The SMILES string of the molecule is CCCNC(=O)c1nc(C(=O)N(CC)CC)c2ccccn12. The van der Waals surface area contributed by atoms with Gasteiger partial charge in [0.25, 0.3) is 11.8 Å². The molecule has 2 heterocycles. The van der Waals surface area contributed by atoms with E-state index >= 15 is 0 Å². The Morgan fingerprint density at radius 1 is 1.23 bits per heavy atom. The minimum absolute atomic E-state index is 0.150. The molecule has 2 aromatic rings. The molecule has 0 saturated heterocycles. The van der Waals surface area contributed by atoms with Crippen LogP contribution in [0.4, 0.5) is 0 Å². The predicted octanol–water partition coefficient (Wildman–Crippen LogP) is 1.96. The van der Waals surface area contributed by atoms with Crippen LogP contribution in [0.25, 0.3) is 5.52 Å². The molecule has 22 heavy (non-hydrogen) atoms. The molecule has 0 bridgehead atoms. The first-order valence-electron chi connectivity index (χ1n) is 7.68. The lowest BCUT2D eigenvalue weighted by Crippen LogP contribution is -2.31. The van der Waals surface area contributed by atoms with Gasteiger partial charge >= 0.3 is 0 Å². The fraction of sp³-hybridized carbons (Fsp3) is 0.438. The summed E-state index contributed by atoms with van der Waals surface area (Å²) in [5.74, 6) is -0.163. The van der Waals surface area contributed by atoms with Gasteiger partial charge in [0.15, 0.2) is 5.69 Å². The maximum atomic E-state index is 12.6. The summed E-state index contributed by atoms with van der Waals surface area (Å²) in [6, 6.07) is 5.46. The second kappa shape index (κ2) is 7.06. The molecule has 6 heteroatoms. The first-order chi connectivity index (χ1) is 10.6. The number of fused-ring (bicyclic) bond motifs is 1. The smallest absolute Gasteiger partial charge is 0.287 e. The molecule has 0 aliphatic heterocycles. The number of hydrogen-bond donors (Lipinski definition) is 1. The number of carbonyl (C=O) groups is 2. The van der Waals surface area contributed by atoms with Crippen molar-refractivity contribution < 1.29 is 9.59 Å². The Morgan fingerprint density at radius 3 is 2.59 bits per heavy atom. The van der Waals surface area contributed by atoms with Gasteiger partial charge in [-0.3, -0.25) is 14.0 Å². The van der Waals surface area contributed by atoms with Crippen molar-refractivity contribution in [3.63, 3.8) is 0 Å². The molecular weight excluding hydrogens is 280 g/mol. The van der Waals surface area contributed by atoms with Crippen molar-refractivity contribution in [1.29, 1.82) is 0 Å². The number of nitrogens with one attached hydrogen (secondary N) is 1. The van der Waals surface area contributed by atoms with Crippen LogP contribution < -0.4 is 5.32 Å². The summed E-state index contributed by atoms with van der Waals surface area (Å²) in [5, 5.41) is 2.80. The fourth-order valence-electron chi connectivity index (χ4n) is 2.33. The zero-order chi connectivity index (χ0) is 16.1. The number of nitrogens with zero attached hydrogens (tertiary/aromatic N) is 3. The molecule has 0 fully saturated rings. The Labute approximate surface area is 130 Å². The maximum absolute atomic E-state index is 12.6. The van der Waals surface area contributed by atoms with E-state index in [2.05, 4.69) is 10.3 Å². The highest BCUT2D eigenvalue weighted by atomic mass is 16.2. The average Bonchev–Trinajstić information content (AvgIpc) is 2.93. The van der Waals surface area contributed by atoms with E-state index in [1.807, 2.05) is 32.9 Å². The third kappa shape index (κ3) is 2.95. The van der Waals surface area contributed by atoms with Crippen LogP contribution in [0, 0.1) is 0 Å². The van der Waals surface area contributed by atoms with Gasteiger partial charge in [-0.2, -0.15) is 0 Å². The van der Waals surface area contributed by atoms with Crippen molar-refractivity contribution in [2.45, 2.75) is 27.2 Å². The van der Waals surface area contributed by atoms with Crippen LogP contribution in [0.2, 0.25) is 0 Å². The summed E-state index contributed by atoms with van der Waals surface area (Å²) in [7, 11) is 0. The molecule has 2 aromatic heterocycles. The number of rotatable bonds is 6. The van der Waals surface area contributed by atoms with Gasteiger partial charge in [0.1, 0.15) is 0 Å². The lowest BCUT2D eigenvalue weighted by molar-refractivity contribution is 0.0769. The molecule has 0 saturated carbocycles. The lowest BCUT2D eigenvalue weighted by Gasteiger charge is -2.17. The Kier molecular flexibility index (Phi) is 5.14. The molecule has 0 aliphatic carbocycles. The molecule has 2 amide bonds. The van der Waals surface area contributed by atoms with Gasteiger partial charge in [-0.1, -0.05) is 13.0 Å². The highest BCUT2D eigenvalue weighted by Gasteiger charge is 2.23. The number of pyridine rings is 1. The summed E-state index contributed by atoms with van der Waals surface area (Å²) in [5.41, 5.74) is 0.979. The van der Waals surface area contributed by atoms with Crippen molar-refractivity contribution in [3.05, 3.63) is 35.9 Å². The summed E-state index contributed by atoms with van der Waals surface area (Å²) in [6.07, 6.45) is 2.60. The molecule has 0 spiro atoms. The monoisotopic (exact) mass is 302 g/mol. The van der Waals surface area contributed by atoms with Crippen LogP contribution in [-0.4, -0.2) is 45.7 Å². The Balaban J connectivity index is 2.48. The summed E-state index contributed by atoms with van der Waals surface area (Å²) in [4.78, 5) is 30.8. The fourth-order valence-corrected chi connectivity index (χ4v) is 2.33. The topological polar surface area (TPSA) is 66.7 Å². The number of aromatic nitrogens is 2. The second-order valence-electron chi connectivity index (χ2n) is 4.97. The molecule has 2 rings (SSSR count). The Morgan fingerprint density at radius 2 is 1.95 bits per heavy atom. The van der Waals surface area contributed by atoms with E-state index < -0.39 is 0 Å². The van der Waals surface area contributed by atoms with Gasteiger partial charge in [-0.25, -0.2) is 4.98 Å². The van der Waals surface area contributed by atoms with Crippen LogP contribution >= 0.6 is 0 Å². The Hall–Kier alpha value is -2.37. The van der Waals surface area contributed by atoms with Crippen LogP contribution in [0.3, 0.4) is 0 Å². The minimum Gasteiger partial charge on any atom is -0.349 e. The third-order valence-corrected chi connectivity index (χ3v) is 3.54. The number of imidazole rings is 1. The standard InChI is InChI=1S/C16H22N4O2/c1-4-10-17-15(21)14-18-13(16(22)19(5-2)6-3)12-9-7-8-11-20(12)14/h7-9,11H,4-6,10H2,1-3H3,(H,17,21). The minimum atomic E-state index is -0.262. The van der Waals surface area contributed by atoms with Crippen LogP contribution in [0.5, 0.6) is 0 Å². The van der Waals surface area contributed by atoms with E-state index in [0.717, 1.165) is 6.42 Å². The molecule has 0 radical (unpaired) electrons. The van der Waals surface area contributed by atoms with E-state index in [4.69, 9.17) is 0 Å². The molecule has 0 atom stereocenters. The predicted molar refractivity (Wildman–Crippen MR) is 85.1 cm³/mol. The van der Waals surface area contributed by atoms with E-state index in [9.17, 15) is 9.59 Å². The van der Waals surface area contributed by atoms with Crippen LogP contribution in [0.15, 0.2) is 24.4 Å². The zero-order valence-corrected chi connectivity index (χ0v) is 13.3. The van der Waals surface area contributed by atoms with E-state index in [-0.39, 0.29) is 17.6 Å². The van der Waals surface area contributed by atoms with Crippen LogP contribution in [0.1, 0.15) is 48.3 Å². The first kappa shape index (κ1) is 16.0. The van der Waals surface area contributed by atoms with Crippen molar-refractivity contribution in [1.82, 2.24) is 19.6 Å². The lowest BCUT2D eigenvalue weighted by atomic mass is 10.3. The molecule has 0 unspecified atom stereocenters. The third-order valence-electron chi connectivity index (χ3n) is 3.54. The van der Waals surface area contributed by atoms with Gasteiger partial charge in [0, 0.05) is 25.8 Å². The van der Waals surface area contributed by atoms with Gasteiger partial charge in [-0.15, -0.1) is 0 Å². The largest absolute Gasteiger partial charge is 0.349 e. The molecular formula is C16H22N4O2. The van der Waals surface area contributed by atoms with Crippen LogP contribution in [-0.2, 0) is 0 Å². The van der Waals surface area contributed by atoms with Crippen molar-refractivity contribution in [3.8, 4) is 0 Å². The summed E-state index contributed by atoms with van der Waals surface area (Å²) >= 11 is 0. The van der Waals surface area contributed by atoms with Gasteiger partial charge in [-0.05, 0) is 32.4 Å².